The molecule has 0 unspecified atom stereocenters. The fourth-order valence-corrected chi connectivity index (χ4v) is 2.51. The molecule has 1 saturated carbocycles. The molecule has 0 spiro atoms. The van der Waals surface area contributed by atoms with Gasteiger partial charge in [-0.3, -0.25) is 0 Å². The second-order valence-corrected chi connectivity index (χ2v) is 5.53. The maximum atomic E-state index is 6.12. The van der Waals surface area contributed by atoms with Crippen LogP contribution in [-0.4, -0.2) is 18.0 Å². The fourth-order valence-electron chi connectivity index (χ4n) is 2.14. The summed E-state index contributed by atoms with van der Waals surface area (Å²) >= 11 is 6.12. The summed E-state index contributed by atoms with van der Waals surface area (Å²) in [4.78, 5) is 0. The average Bonchev–Trinajstić information content (AvgIpc) is 2.21. The van der Waals surface area contributed by atoms with Gasteiger partial charge < -0.3 is 5.32 Å². The molecular weight excluding hydrogens is 206 g/mol. The monoisotopic (exact) mass is 229 g/mol. The number of allylic oxidation sites excluding steroid dienone is 1. The zero-order valence-electron chi connectivity index (χ0n) is 10.3. The summed E-state index contributed by atoms with van der Waals surface area (Å²) in [5.41, 5.74) is 1.58. The first-order valence-corrected chi connectivity index (χ1v) is 6.56. The lowest BCUT2D eigenvalue weighted by Gasteiger charge is -2.38. The zero-order chi connectivity index (χ0) is 11.3. The quantitative estimate of drug-likeness (QED) is 0.572. The summed E-state index contributed by atoms with van der Waals surface area (Å²) in [5, 5.41) is 3.63. The van der Waals surface area contributed by atoms with Gasteiger partial charge in [-0.05, 0) is 45.4 Å². The van der Waals surface area contributed by atoms with Crippen LogP contribution in [0, 0.1) is 5.92 Å². The number of hydrogen-bond acceptors (Lipinski definition) is 1. The van der Waals surface area contributed by atoms with Gasteiger partial charge >= 0.3 is 0 Å². The standard InChI is InChI=1S/C13H24ClN/c1-11(2)6-9-15-13(10-14)7-4-12(3)5-8-13/h6,12,15H,4-5,7-10H2,1-3H3. The Hall–Kier alpha value is -0.0100. The Balaban J connectivity index is 2.43. The van der Waals surface area contributed by atoms with E-state index in [1.54, 1.807) is 0 Å². The van der Waals surface area contributed by atoms with E-state index < -0.39 is 0 Å². The van der Waals surface area contributed by atoms with Crippen molar-refractivity contribution < 1.29 is 0 Å². The number of hydrogen-bond donors (Lipinski definition) is 1. The minimum Gasteiger partial charge on any atom is -0.307 e. The molecule has 0 atom stereocenters. The minimum absolute atomic E-state index is 0.208. The van der Waals surface area contributed by atoms with E-state index >= 15 is 0 Å². The molecule has 0 heterocycles. The van der Waals surface area contributed by atoms with Crippen LogP contribution in [0.5, 0.6) is 0 Å². The van der Waals surface area contributed by atoms with E-state index in [9.17, 15) is 0 Å². The highest BCUT2D eigenvalue weighted by atomic mass is 35.5. The Labute approximate surface area is 99.3 Å². The topological polar surface area (TPSA) is 12.0 Å². The molecule has 2 heteroatoms. The molecule has 15 heavy (non-hydrogen) atoms. The number of nitrogens with one attached hydrogen (secondary N) is 1. The molecule has 1 aliphatic carbocycles. The highest BCUT2D eigenvalue weighted by Crippen LogP contribution is 2.32. The predicted molar refractivity (Wildman–Crippen MR) is 68.5 cm³/mol. The first-order chi connectivity index (χ1) is 7.08. The van der Waals surface area contributed by atoms with Crippen LogP contribution in [0.3, 0.4) is 0 Å². The lowest BCUT2D eigenvalue weighted by Crippen LogP contribution is -2.49. The van der Waals surface area contributed by atoms with E-state index in [-0.39, 0.29) is 5.54 Å². The Morgan fingerprint density at radius 1 is 1.40 bits per heavy atom. The number of halogens is 1. The molecule has 0 aliphatic heterocycles. The highest BCUT2D eigenvalue weighted by molar-refractivity contribution is 6.18. The molecule has 1 N–H and O–H groups in total. The van der Waals surface area contributed by atoms with Gasteiger partial charge in [-0.15, -0.1) is 11.6 Å². The summed E-state index contributed by atoms with van der Waals surface area (Å²) in [6.45, 7) is 7.58. The summed E-state index contributed by atoms with van der Waals surface area (Å²) in [5.74, 6) is 1.63. The van der Waals surface area contributed by atoms with Gasteiger partial charge in [0.15, 0.2) is 0 Å². The van der Waals surface area contributed by atoms with Crippen molar-refractivity contribution in [3.05, 3.63) is 11.6 Å². The molecule has 0 saturated heterocycles. The molecular formula is C13H24ClN. The third-order valence-electron chi connectivity index (χ3n) is 3.47. The average molecular weight is 230 g/mol. The molecule has 1 aliphatic rings. The van der Waals surface area contributed by atoms with Crippen LogP contribution in [-0.2, 0) is 0 Å². The zero-order valence-corrected chi connectivity index (χ0v) is 11.0. The van der Waals surface area contributed by atoms with Crippen LogP contribution in [0.15, 0.2) is 11.6 Å². The Bertz CT molecular complexity index is 211. The van der Waals surface area contributed by atoms with Gasteiger partial charge in [-0.2, -0.15) is 0 Å². The van der Waals surface area contributed by atoms with Gasteiger partial charge in [0.05, 0.1) is 0 Å². The van der Waals surface area contributed by atoms with Gasteiger partial charge in [0.1, 0.15) is 0 Å². The van der Waals surface area contributed by atoms with Gasteiger partial charge in [0.25, 0.3) is 0 Å². The van der Waals surface area contributed by atoms with Crippen molar-refractivity contribution >= 4 is 11.6 Å². The maximum absolute atomic E-state index is 6.12. The van der Waals surface area contributed by atoms with E-state index in [4.69, 9.17) is 11.6 Å². The van der Waals surface area contributed by atoms with E-state index in [0.29, 0.717) is 0 Å². The van der Waals surface area contributed by atoms with Crippen molar-refractivity contribution in [1.29, 1.82) is 0 Å². The van der Waals surface area contributed by atoms with Crippen molar-refractivity contribution in [3.63, 3.8) is 0 Å². The summed E-state index contributed by atoms with van der Waals surface area (Å²) in [7, 11) is 0. The van der Waals surface area contributed by atoms with Gasteiger partial charge in [0.2, 0.25) is 0 Å². The van der Waals surface area contributed by atoms with Crippen LogP contribution >= 0.6 is 11.6 Å². The number of rotatable bonds is 4. The van der Waals surface area contributed by atoms with Gasteiger partial charge in [-0.25, -0.2) is 0 Å². The lowest BCUT2D eigenvalue weighted by molar-refractivity contribution is 0.224. The van der Waals surface area contributed by atoms with Crippen LogP contribution in [0.2, 0.25) is 0 Å². The summed E-state index contributed by atoms with van der Waals surface area (Å²) in [6, 6.07) is 0. The maximum Gasteiger partial charge on any atom is 0.0406 e. The Morgan fingerprint density at radius 2 is 2.00 bits per heavy atom. The first-order valence-electron chi connectivity index (χ1n) is 6.02. The SMILES string of the molecule is CC(C)=CCNC1(CCl)CCC(C)CC1. The molecule has 0 aromatic heterocycles. The van der Waals surface area contributed by atoms with Crippen LogP contribution in [0.25, 0.3) is 0 Å². The highest BCUT2D eigenvalue weighted by Gasteiger charge is 2.32. The van der Waals surface area contributed by atoms with Crippen molar-refractivity contribution in [2.45, 2.75) is 52.0 Å². The lowest BCUT2D eigenvalue weighted by atomic mass is 9.78. The van der Waals surface area contributed by atoms with Crippen molar-refractivity contribution in [2.75, 3.05) is 12.4 Å². The number of alkyl halides is 1. The second kappa shape index (κ2) is 5.91. The van der Waals surface area contributed by atoms with E-state index in [1.165, 1.54) is 31.3 Å². The molecule has 0 aromatic carbocycles. The minimum atomic E-state index is 0.208. The van der Waals surface area contributed by atoms with Crippen molar-refractivity contribution in [2.24, 2.45) is 5.92 Å². The molecule has 88 valence electrons. The van der Waals surface area contributed by atoms with Gasteiger partial charge in [-0.1, -0.05) is 18.6 Å². The van der Waals surface area contributed by atoms with Crippen LogP contribution in [0.4, 0.5) is 0 Å². The summed E-state index contributed by atoms with van der Waals surface area (Å²) in [6.07, 6.45) is 7.33. The summed E-state index contributed by atoms with van der Waals surface area (Å²) < 4.78 is 0. The third-order valence-corrected chi connectivity index (χ3v) is 3.99. The predicted octanol–water partition coefficient (Wildman–Crippen LogP) is 3.73. The molecule has 0 bridgehead atoms. The van der Waals surface area contributed by atoms with Crippen molar-refractivity contribution in [1.82, 2.24) is 5.32 Å². The smallest absolute Gasteiger partial charge is 0.0406 e. The Kier molecular flexibility index (Phi) is 5.14. The molecule has 1 rings (SSSR count). The normalized spacial score (nSPS) is 31.3. The molecule has 0 aromatic rings. The van der Waals surface area contributed by atoms with E-state index in [2.05, 4.69) is 32.2 Å². The Morgan fingerprint density at radius 3 is 2.47 bits per heavy atom. The third kappa shape index (κ3) is 4.16. The molecule has 0 radical (unpaired) electrons. The molecule has 1 fully saturated rings. The van der Waals surface area contributed by atoms with E-state index in [0.717, 1.165) is 18.3 Å². The first kappa shape index (κ1) is 13.1. The van der Waals surface area contributed by atoms with Crippen LogP contribution in [0.1, 0.15) is 46.5 Å². The molecule has 1 nitrogen and oxygen atoms in total. The fraction of sp³-hybridized carbons (Fsp3) is 0.846. The van der Waals surface area contributed by atoms with Crippen molar-refractivity contribution in [3.8, 4) is 0 Å². The van der Waals surface area contributed by atoms with E-state index in [1.807, 2.05) is 0 Å². The molecule has 0 amide bonds. The van der Waals surface area contributed by atoms with Crippen LogP contribution < -0.4 is 5.32 Å². The second-order valence-electron chi connectivity index (χ2n) is 5.26. The van der Waals surface area contributed by atoms with Gasteiger partial charge in [0, 0.05) is 18.0 Å². The largest absolute Gasteiger partial charge is 0.307 e.